The van der Waals surface area contributed by atoms with Crippen LogP contribution in [0.15, 0.2) is 72.8 Å². The number of nitrogens with zero attached hydrogens (tertiary/aromatic N) is 2. The van der Waals surface area contributed by atoms with E-state index in [0.29, 0.717) is 45.6 Å². The number of methoxy groups -OCH3 is 2. The Morgan fingerprint density at radius 2 is 1.80 bits per heavy atom. The molecule has 2 aliphatic rings. The van der Waals surface area contributed by atoms with Crippen LogP contribution in [0.2, 0.25) is 0 Å². The molecule has 1 N–H and O–H groups in total. The average Bonchev–Trinajstić information content (AvgIpc) is 3.09. The Labute approximate surface area is 266 Å². The number of benzene rings is 3. The van der Waals surface area contributed by atoms with Crippen LogP contribution in [0.25, 0.3) is 0 Å². The fraction of sp³-hybridized carbons (Fsp3) is 0.472. The maximum atomic E-state index is 13.5. The molecule has 45 heavy (non-hydrogen) atoms. The first kappa shape index (κ1) is 32.6. The van der Waals surface area contributed by atoms with E-state index in [9.17, 15) is 9.90 Å². The number of piperidine rings is 1. The van der Waals surface area contributed by atoms with Crippen molar-refractivity contribution in [2.24, 2.45) is 0 Å². The van der Waals surface area contributed by atoms with Gasteiger partial charge in [0.2, 0.25) is 0 Å². The minimum absolute atomic E-state index is 0.0456. The molecule has 1 saturated heterocycles. The average molecular weight is 619 g/mol. The van der Waals surface area contributed by atoms with Gasteiger partial charge in [0.25, 0.3) is 0 Å². The number of carbonyl (C=O) groups is 1. The van der Waals surface area contributed by atoms with E-state index >= 15 is 0 Å². The summed E-state index contributed by atoms with van der Waals surface area (Å²) in [6.07, 6.45) is 2.30. The Kier molecular flexibility index (Phi) is 12.0. The summed E-state index contributed by atoms with van der Waals surface area (Å²) in [6, 6.07) is 24.0. The van der Waals surface area contributed by atoms with Crippen LogP contribution in [-0.4, -0.2) is 81.9 Å². The Hall–Kier alpha value is -3.79. The third-order valence-electron chi connectivity index (χ3n) is 8.69. The molecule has 0 unspecified atom stereocenters. The molecule has 0 spiro atoms. The van der Waals surface area contributed by atoms with Crippen molar-refractivity contribution in [1.29, 1.82) is 0 Å². The first-order valence-corrected chi connectivity index (χ1v) is 15.9. The number of ether oxygens (including phenoxy) is 5. The molecule has 0 bridgehead atoms. The molecule has 0 aliphatic carbocycles. The number of hydrogen-bond donors (Lipinski definition) is 1. The molecule has 242 valence electrons. The van der Waals surface area contributed by atoms with Crippen LogP contribution in [0.5, 0.6) is 11.5 Å². The summed E-state index contributed by atoms with van der Waals surface area (Å²) in [5.41, 5.74) is 4.19. The van der Waals surface area contributed by atoms with Gasteiger partial charge in [-0.1, -0.05) is 48.5 Å². The van der Waals surface area contributed by atoms with Crippen LogP contribution in [-0.2, 0) is 27.4 Å². The molecule has 5 rings (SSSR count). The van der Waals surface area contributed by atoms with Gasteiger partial charge in [-0.3, -0.25) is 0 Å². The van der Waals surface area contributed by atoms with E-state index in [0.717, 1.165) is 53.4 Å². The highest BCUT2D eigenvalue weighted by Crippen LogP contribution is 2.38. The van der Waals surface area contributed by atoms with Gasteiger partial charge < -0.3 is 38.6 Å². The van der Waals surface area contributed by atoms with E-state index in [1.54, 1.807) is 14.2 Å². The minimum Gasteiger partial charge on any atom is -0.497 e. The van der Waals surface area contributed by atoms with E-state index in [1.807, 2.05) is 53.4 Å². The minimum atomic E-state index is -0.360. The lowest BCUT2D eigenvalue weighted by atomic mass is 9.82. The van der Waals surface area contributed by atoms with E-state index in [1.165, 1.54) is 0 Å². The number of hydrogen-bond acceptors (Lipinski definition) is 8. The zero-order chi connectivity index (χ0) is 31.4. The van der Waals surface area contributed by atoms with Gasteiger partial charge in [-0.15, -0.1) is 0 Å². The predicted octanol–water partition coefficient (Wildman–Crippen LogP) is 5.78. The fourth-order valence-electron chi connectivity index (χ4n) is 6.28. The van der Waals surface area contributed by atoms with Gasteiger partial charge in [0.15, 0.2) is 0 Å². The van der Waals surface area contributed by atoms with Crippen LogP contribution in [0.3, 0.4) is 0 Å². The van der Waals surface area contributed by atoms with Crippen LogP contribution < -0.4 is 14.4 Å². The number of carbonyl (C=O) groups excluding carboxylic acids is 1. The Bertz CT molecular complexity index is 1340. The van der Waals surface area contributed by atoms with Gasteiger partial charge in [0.1, 0.15) is 24.7 Å². The maximum absolute atomic E-state index is 13.5. The van der Waals surface area contributed by atoms with Crippen molar-refractivity contribution in [3.63, 3.8) is 0 Å². The second-order valence-electron chi connectivity index (χ2n) is 11.7. The quantitative estimate of drug-likeness (QED) is 0.228. The lowest BCUT2D eigenvalue weighted by Gasteiger charge is -2.43. The van der Waals surface area contributed by atoms with Gasteiger partial charge >= 0.3 is 6.09 Å². The molecule has 9 heteroatoms. The van der Waals surface area contributed by atoms with E-state index < -0.39 is 0 Å². The van der Waals surface area contributed by atoms with Crippen molar-refractivity contribution >= 4 is 11.8 Å². The van der Waals surface area contributed by atoms with Gasteiger partial charge in [-0.25, -0.2) is 4.79 Å². The molecule has 3 atom stereocenters. The normalized spacial score (nSPS) is 19.5. The third kappa shape index (κ3) is 8.69. The standard InChI is InChI=1S/C36H46N2O7/c1-41-20-7-17-37-18-21-43-34-16-11-28(22-33(34)37)26-44-35-24-38(36(40)45-25-27-8-4-3-5-9-27)30(10-6-19-39)23-32(35)29-12-14-31(42-2)15-13-29/h3-5,8-9,11-16,22,30,32,35,39H,6-7,10,17-21,23-26H2,1-2H3/t30-,32-,35+/m1/s1. The Morgan fingerprint density at radius 1 is 0.978 bits per heavy atom. The third-order valence-corrected chi connectivity index (χ3v) is 8.69. The smallest absolute Gasteiger partial charge is 0.410 e. The van der Waals surface area contributed by atoms with Gasteiger partial charge in [0.05, 0.1) is 38.6 Å². The summed E-state index contributed by atoms with van der Waals surface area (Å²) < 4.78 is 29.1. The molecule has 1 fully saturated rings. The lowest BCUT2D eigenvalue weighted by molar-refractivity contribution is -0.0432. The van der Waals surface area contributed by atoms with Crippen LogP contribution >= 0.6 is 0 Å². The summed E-state index contributed by atoms with van der Waals surface area (Å²) in [6.45, 7) is 4.16. The maximum Gasteiger partial charge on any atom is 0.410 e. The van der Waals surface area contributed by atoms with Gasteiger partial charge in [-0.2, -0.15) is 0 Å². The van der Waals surface area contributed by atoms with Crippen molar-refractivity contribution in [2.45, 2.75) is 57.0 Å². The van der Waals surface area contributed by atoms with E-state index in [-0.39, 0.29) is 37.4 Å². The topological polar surface area (TPSA) is 89.9 Å². The number of anilines is 1. The monoisotopic (exact) mass is 618 g/mol. The molecule has 3 aromatic carbocycles. The van der Waals surface area contributed by atoms with Crippen molar-refractivity contribution in [3.8, 4) is 11.5 Å². The first-order valence-electron chi connectivity index (χ1n) is 15.9. The van der Waals surface area contributed by atoms with Gasteiger partial charge in [0, 0.05) is 38.8 Å². The second-order valence-corrected chi connectivity index (χ2v) is 11.7. The summed E-state index contributed by atoms with van der Waals surface area (Å²) in [5.74, 6) is 1.72. The van der Waals surface area contributed by atoms with Crippen molar-refractivity contribution in [3.05, 3.63) is 89.5 Å². The second kappa shape index (κ2) is 16.5. The molecular formula is C36H46N2O7. The number of aliphatic hydroxyl groups excluding tert-OH is 1. The van der Waals surface area contributed by atoms with Crippen LogP contribution in [0.1, 0.15) is 48.3 Å². The largest absolute Gasteiger partial charge is 0.497 e. The molecule has 3 aromatic rings. The van der Waals surface area contributed by atoms with Crippen LogP contribution in [0.4, 0.5) is 10.5 Å². The Morgan fingerprint density at radius 3 is 2.56 bits per heavy atom. The lowest BCUT2D eigenvalue weighted by Crippen LogP contribution is -2.52. The zero-order valence-corrected chi connectivity index (χ0v) is 26.4. The molecule has 2 heterocycles. The number of likely N-dealkylation sites (tertiary alicyclic amines) is 1. The van der Waals surface area contributed by atoms with Crippen molar-refractivity contribution in [1.82, 2.24) is 4.90 Å². The number of fused-ring (bicyclic) bond motifs is 1. The molecule has 1 amide bonds. The summed E-state index contributed by atoms with van der Waals surface area (Å²) in [5, 5.41) is 9.65. The summed E-state index contributed by atoms with van der Waals surface area (Å²) >= 11 is 0. The highest BCUT2D eigenvalue weighted by molar-refractivity contribution is 5.68. The number of amides is 1. The highest BCUT2D eigenvalue weighted by atomic mass is 16.6. The zero-order valence-electron chi connectivity index (χ0n) is 26.4. The molecule has 0 aromatic heterocycles. The van der Waals surface area contributed by atoms with Crippen LogP contribution in [0, 0.1) is 0 Å². The van der Waals surface area contributed by atoms with Gasteiger partial charge in [-0.05, 0) is 66.6 Å². The summed E-state index contributed by atoms with van der Waals surface area (Å²) in [4.78, 5) is 17.7. The SMILES string of the molecule is COCCCN1CCOc2ccc(CO[C@H]3CN(C(=O)OCc4ccccc4)[C@H](CCCO)C[C@@H]3c3ccc(OC)cc3)cc21. The first-order chi connectivity index (χ1) is 22.1. The highest BCUT2D eigenvalue weighted by Gasteiger charge is 2.40. The molecular weight excluding hydrogens is 572 g/mol. The predicted molar refractivity (Wildman–Crippen MR) is 173 cm³/mol. The molecule has 0 saturated carbocycles. The van der Waals surface area contributed by atoms with E-state index in [2.05, 4.69) is 29.2 Å². The number of aliphatic hydroxyl groups is 1. The van der Waals surface area contributed by atoms with Crippen molar-refractivity contribution < 1.29 is 33.6 Å². The van der Waals surface area contributed by atoms with Crippen molar-refractivity contribution in [2.75, 3.05) is 58.6 Å². The van der Waals surface area contributed by atoms with E-state index in [4.69, 9.17) is 23.7 Å². The summed E-state index contributed by atoms with van der Waals surface area (Å²) in [7, 11) is 3.39. The number of rotatable bonds is 14. The molecule has 2 aliphatic heterocycles. The molecule has 9 nitrogen and oxygen atoms in total. The Balaban J connectivity index is 1.35. The fourth-order valence-corrected chi connectivity index (χ4v) is 6.28. The molecule has 0 radical (unpaired) electrons.